The molecule has 8 aromatic rings. The molecule has 11 rings (SSSR count). The zero-order chi connectivity index (χ0) is 34.2. The second kappa shape index (κ2) is 11.4. The van der Waals surface area contributed by atoms with Gasteiger partial charge in [0.1, 0.15) is 27.4 Å². The highest BCUT2D eigenvalue weighted by molar-refractivity contribution is 7.21. The Balaban J connectivity index is 1.01. The van der Waals surface area contributed by atoms with Gasteiger partial charge < -0.3 is 0 Å². The molecule has 3 nitrogen and oxygen atoms in total. The van der Waals surface area contributed by atoms with E-state index in [2.05, 4.69) is 158 Å². The van der Waals surface area contributed by atoms with Crippen molar-refractivity contribution < 1.29 is 0 Å². The lowest BCUT2D eigenvalue weighted by molar-refractivity contribution is 0.794. The first-order valence-electron chi connectivity index (χ1n) is 17.9. The van der Waals surface area contributed by atoms with Crippen LogP contribution in [0.5, 0.6) is 0 Å². The number of hydrogen-bond acceptors (Lipinski definition) is 4. The van der Waals surface area contributed by atoms with Crippen molar-refractivity contribution in [3.8, 4) is 55.2 Å². The van der Waals surface area contributed by atoms with Gasteiger partial charge in [-0.3, -0.25) is 0 Å². The van der Waals surface area contributed by atoms with Gasteiger partial charge in [-0.1, -0.05) is 157 Å². The van der Waals surface area contributed by atoms with Crippen molar-refractivity contribution in [3.63, 3.8) is 0 Å². The first kappa shape index (κ1) is 29.5. The fourth-order valence-electron chi connectivity index (χ4n) is 8.84. The summed E-state index contributed by atoms with van der Waals surface area (Å²) < 4.78 is 0. The average Bonchev–Trinajstić information content (AvgIpc) is 3.88. The molecule has 0 radical (unpaired) electrons. The molecule has 0 bridgehead atoms. The number of benzene rings is 6. The van der Waals surface area contributed by atoms with Gasteiger partial charge in [0.15, 0.2) is 0 Å². The molecule has 0 fully saturated rings. The van der Waals surface area contributed by atoms with E-state index in [0.29, 0.717) is 0 Å². The molecular formula is C48H31N3S. The number of nitrogens with zero attached hydrogens (tertiary/aromatic N) is 3. The number of fused-ring (bicyclic) bond motifs is 11. The van der Waals surface area contributed by atoms with Crippen molar-refractivity contribution in [1.29, 1.82) is 0 Å². The van der Waals surface area contributed by atoms with E-state index in [4.69, 9.17) is 15.0 Å². The number of thiazole rings is 1. The summed E-state index contributed by atoms with van der Waals surface area (Å²) in [7, 11) is 0. The lowest BCUT2D eigenvalue weighted by Crippen LogP contribution is -2.25. The second-order valence-electron chi connectivity index (χ2n) is 13.8. The largest absolute Gasteiger partial charge is 0.234 e. The standard InChI is InChI=1S/C48H31N3S/c1-2-11-30(12-3-1)33-13-10-14-34(27-33)31-21-23-32(24-22-31)46-51-45-44(49-29-50-47(45)52-46)35-25-26-39-38-17-6-9-20-42(38)48(43(39)28-35)40-18-7-4-15-36(40)37-16-5-8-19-41(37)48/h2,4-29H,1,3H2. The SMILES string of the molecule is C1=CC(c2cccc(-c3ccc(-c4nc5c(-c6ccc7c(c6)C6(c8ccccc8-c8ccccc86)c6ccccc6-7)ncnc5s4)cc3)c2)=CCC1. The third-order valence-corrected chi connectivity index (χ3v) is 12.1. The molecule has 0 atom stereocenters. The Bertz CT molecular complexity index is 2740. The van der Waals surface area contributed by atoms with Gasteiger partial charge in [-0.2, -0.15) is 0 Å². The maximum absolute atomic E-state index is 5.21. The number of hydrogen-bond donors (Lipinski definition) is 0. The minimum absolute atomic E-state index is 0.403. The molecule has 0 saturated carbocycles. The van der Waals surface area contributed by atoms with E-state index in [9.17, 15) is 0 Å². The zero-order valence-electron chi connectivity index (χ0n) is 28.3. The minimum Gasteiger partial charge on any atom is -0.234 e. The van der Waals surface area contributed by atoms with Crippen molar-refractivity contribution in [1.82, 2.24) is 15.0 Å². The summed E-state index contributed by atoms with van der Waals surface area (Å²) in [6.07, 6.45) is 10.7. The highest BCUT2D eigenvalue weighted by Gasteiger charge is 2.51. The van der Waals surface area contributed by atoms with Crippen LogP contribution in [0.1, 0.15) is 40.7 Å². The molecule has 0 amide bonds. The Labute approximate surface area is 306 Å². The van der Waals surface area contributed by atoms with Gasteiger partial charge in [-0.15, -0.1) is 0 Å². The molecule has 6 aromatic carbocycles. The van der Waals surface area contributed by atoms with Crippen LogP contribution in [0.2, 0.25) is 0 Å². The summed E-state index contributed by atoms with van der Waals surface area (Å²) in [6.45, 7) is 0. The molecule has 3 aliphatic carbocycles. The summed E-state index contributed by atoms with van der Waals surface area (Å²) >= 11 is 1.62. The van der Waals surface area contributed by atoms with E-state index in [1.54, 1.807) is 17.7 Å². The van der Waals surface area contributed by atoms with Crippen LogP contribution in [0, 0.1) is 0 Å². The first-order chi connectivity index (χ1) is 25.8. The van der Waals surface area contributed by atoms with Crippen LogP contribution < -0.4 is 0 Å². The van der Waals surface area contributed by atoms with Crippen LogP contribution >= 0.6 is 11.3 Å². The molecule has 4 heteroatoms. The molecule has 2 heterocycles. The van der Waals surface area contributed by atoms with E-state index in [1.165, 1.54) is 66.8 Å². The summed E-state index contributed by atoms with van der Waals surface area (Å²) in [5.41, 5.74) is 18.9. The quantitative estimate of drug-likeness (QED) is 0.186. The Morgan fingerprint density at radius 1 is 0.500 bits per heavy atom. The van der Waals surface area contributed by atoms with Gasteiger partial charge in [0.25, 0.3) is 0 Å². The molecule has 244 valence electrons. The summed E-state index contributed by atoms with van der Waals surface area (Å²) in [5, 5.41) is 0.943. The van der Waals surface area contributed by atoms with Gasteiger partial charge in [0.05, 0.1) is 5.41 Å². The first-order valence-corrected chi connectivity index (χ1v) is 18.7. The van der Waals surface area contributed by atoms with Crippen LogP contribution in [0.4, 0.5) is 0 Å². The maximum Gasteiger partial charge on any atom is 0.147 e. The van der Waals surface area contributed by atoms with Crippen LogP contribution in [-0.4, -0.2) is 15.0 Å². The third-order valence-electron chi connectivity index (χ3n) is 11.1. The Morgan fingerprint density at radius 2 is 1.13 bits per heavy atom. The van der Waals surface area contributed by atoms with Crippen LogP contribution in [-0.2, 0) is 5.41 Å². The summed E-state index contributed by atoms with van der Waals surface area (Å²) in [5.74, 6) is 0. The predicted molar refractivity (Wildman–Crippen MR) is 214 cm³/mol. The van der Waals surface area contributed by atoms with Crippen molar-refractivity contribution in [2.75, 3.05) is 0 Å². The number of aromatic nitrogens is 3. The van der Waals surface area contributed by atoms with E-state index < -0.39 is 5.41 Å². The van der Waals surface area contributed by atoms with Gasteiger partial charge in [-0.25, -0.2) is 15.0 Å². The summed E-state index contributed by atoms with van der Waals surface area (Å²) in [4.78, 5) is 15.7. The van der Waals surface area contributed by atoms with Crippen molar-refractivity contribution in [3.05, 3.63) is 192 Å². The Hall–Kier alpha value is -6.23. The lowest BCUT2D eigenvalue weighted by atomic mass is 9.70. The average molecular weight is 682 g/mol. The van der Waals surface area contributed by atoms with E-state index in [-0.39, 0.29) is 0 Å². The van der Waals surface area contributed by atoms with Gasteiger partial charge in [-0.05, 0) is 91.7 Å². The van der Waals surface area contributed by atoms with Gasteiger partial charge in [0, 0.05) is 11.1 Å². The normalized spacial score (nSPS) is 14.6. The zero-order valence-corrected chi connectivity index (χ0v) is 29.1. The van der Waals surface area contributed by atoms with E-state index in [0.717, 1.165) is 45.0 Å². The Morgan fingerprint density at radius 3 is 1.83 bits per heavy atom. The lowest BCUT2D eigenvalue weighted by Gasteiger charge is -2.30. The van der Waals surface area contributed by atoms with Gasteiger partial charge in [0.2, 0.25) is 0 Å². The van der Waals surface area contributed by atoms with Crippen molar-refractivity contribution in [2.45, 2.75) is 18.3 Å². The molecule has 1 spiro atoms. The van der Waals surface area contributed by atoms with E-state index in [1.807, 2.05) is 0 Å². The van der Waals surface area contributed by atoms with Crippen LogP contribution in [0.25, 0.3) is 71.1 Å². The monoisotopic (exact) mass is 681 g/mol. The molecule has 0 unspecified atom stereocenters. The molecular weight excluding hydrogens is 651 g/mol. The topological polar surface area (TPSA) is 38.7 Å². The van der Waals surface area contributed by atoms with Crippen molar-refractivity contribution in [2.24, 2.45) is 0 Å². The van der Waals surface area contributed by atoms with Crippen LogP contribution in [0.15, 0.2) is 164 Å². The predicted octanol–water partition coefficient (Wildman–Crippen LogP) is 12.2. The molecule has 52 heavy (non-hydrogen) atoms. The molecule has 2 aromatic heterocycles. The molecule has 0 N–H and O–H groups in total. The smallest absolute Gasteiger partial charge is 0.147 e. The number of rotatable bonds is 4. The second-order valence-corrected chi connectivity index (χ2v) is 14.8. The van der Waals surface area contributed by atoms with Crippen molar-refractivity contribution >= 4 is 27.3 Å². The Kier molecular flexibility index (Phi) is 6.46. The minimum atomic E-state index is -0.403. The fraction of sp³-hybridized carbons (Fsp3) is 0.0625. The van der Waals surface area contributed by atoms with E-state index >= 15 is 0 Å². The third kappa shape index (κ3) is 4.22. The van der Waals surface area contributed by atoms with Crippen LogP contribution in [0.3, 0.4) is 0 Å². The highest BCUT2D eigenvalue weighted by Crippen LogP contribution is 2.63. The van der Waals surface area contributed by atoms with Gasteiger partial charge >= 0.3 is 0 Å². The fourth-order valence-corrected chi connectivity index (χ4v) is 9.75. The number of allylic oxidation sites excluding steroid dienone is 4. The molecule has 0 saturated heterocycles. The highest BCUT2D eigenvalue weighted by atomic mass is 32.1. The molecule has 3 aliphatic rings. The maximum atomic E-state index is 5.21. The summed E-state index contributed by atoms with van der Waals surface area (Å²) in [6, 6.07) is 51.2. The molecule has 0 aliphatic heterocycles.